The molecule has 0 bridgehead atoms. The van der Waals surface area contributed by atoms with E-state index >= 15 is 0 Å². The van der Waals surface area contributed by atoms with Gasteiger partial charge in [0.05, 0.1) is 13.3 Å². The predicted octanol–water partition coefficient (Wildman–Crippen LogP) is 2.80. The molecule has 168 valence electrons. The number of hydrazone groups is 1. The lowest BCUT2D eigenvalue weighted by Crippen LogP contribution is -2.32. The zero-order valence-electron chi connectivity index (χ0n) is 17.8. The standard InChI is InChI=1S/C24H22N4O5/c1-32-20-12-10-19(11-13-20)27-23(30)24(31)28-25-15-17-6-5-9-21(14-17)33-16-22(29)26-18-7-3-2-4-8-18/h2-15H,16H2,1H3,(H,26,29)(H,27,30)(H,28,31)/b25-15+. The topological polar surface area (TPSA) is 118 Å². The highest BCUT2D eigenvalue weighted by Crippen LogP contribution is 2.15. The highest BCUT2D eigenvalue weighted by molar-refractivity contribution is 6.39. The summed E-state index contributed by atoms with van der Waals surface area (Å²) in [5.41, 5.74) is 3.89. The van der Waals surface area contributed by atoms with Crippen LogP contribution in [-0.2, 0) is 14.4 Å². The quantitative estimate of drug-likeness (QED) is 0.279. The molecule has 9 heteroatoms. The van der Waals surface area contributed by atoms with Crippen LogP contribution in [0.1, 0.15) is 5.56 Å². The van der Waals surface area contributed by atoms with Crippen LogP contribution >= 0.6 is 0 Å². The minimum atomic E-state index is -0.924. The first-order chi connectivity index (χ1) is 16.0. The van der Waals surface area contributed by atoms with Crippen LogP contribution in [0.5, 0.6) is 11.5 Å². The molecule has 3 aromatic carbocycles. The summed E-state index contributed by atoms with van der Waals surface area (Å²) in [7, 11) is 1.53. The Hall–Kier alpha value is -4.66. The van der Waals surface area contributed by atoms with Crippen molar-refractivity contribution in [2.75, 3.05) is 24.4 Å². The van der Waals surface area contributed by atoms with Gasteiger partial charge >= 0.3 is 11.8 Å². The summed E-state index contributed by atoms with van der Waals surface area (Å²) in [4.78, 5) is 35.9. The molecule has 0 atom stereocenters. The maximum Gasteiger partial charge on any atom is 0.329 e. The fourth-order valence-corrected chi connectivity index (χ4v) is 2.63. The molecule has 3 N–H and O–H groups in total. The summed E-state index contributed by atoms with van der Waals surface area (Å²) >= 11 is 0. The second kappa shape index (κ2) is 11.7. The first-order valence-electron chi connectivity index (χ1n) is 9.89. The Morgan fingerprint density at radius 3 is 2.27 bits per heavy atom. The van der Waals surface area contributed by atoms with Crippen molar-refractivity contribution < 1.29 is 23.9 Å². The Morgan fingerprint density at radius 2 is 1.55 bits per heavy atom. The van der Waals surface area contributed by atoms with Crippen LogP contribution in [0.4, 0.5) is 11.4 Å². The molecule has 3 amide bonds. The molecular formula is C24H22N4O5. The SMILES string of the molecule is COc1ccc(NC(=O)C(=O)N/N=C/c2cccc(OCC(=O)Nc3ccccc3)c2)cc1. The van der Waals surface area contributed by atoms with Crippen molar-refractivity contribution in [1.82, 2.24) is 5.43 Å². The third kappa shape index (κ3) is 7.51. The van der Waals surface area contributed by atoms with Crippen LogP contribution in [0.3, 0.4) is 0 Å². The number of hydrogen-bond donors (Lipinski definition) is 3. The minimum Gasteiger partial charge on any atom is -0.497 e. The summed E-state index contributed by atoms with van der Waals surface area (Å²) in [6, 6.07) is 22.4. The van der Waals surface area contributed by atoms with Crippen molar-refractivity contribution in [3.63, 3.8) is 0 Å². The van der Waals surface area contributed by atoms with Crippen LogP contribution in [0.15, 0.2) is 84.0 Å². The lowest BCUT2D eigenvalue weighted by atomic mass is 10.2. The number of nitrogens with one attached hydrogen (secondary N) is 3. The average Bonchev–Trinajstić information content (AvgIpc) is 2.84. The number of nitrogens with zero attached hydrogens (tertiary/aromatic N) is 1. The highest BCUT2D eigenvalue weighted by Gasteiger charge is 2.12. The molecule has 3 rings (SSSR count). The number of ether oxygens (including phenoxy) is 2. The molecule has 0 fully saturated rings. The van der Waals surface area contributed by atoms with Crippen molar-refractivity contribution in [2.45, 2.75) is 0 Å². The van der Waals surface area contributed by atoms with E-state index in [2.05, 4.69) is 21.2 Å². The fourth-order valence-electron chi connectivity index (χ4n) is 2.63. The number of benzene rings is 3. The molecule has 0 saturated carbocycles. The number of para-hydroxylation sites is 1. The van der Waals surface area contributed by atoms with Crippen molar-refractivity contribution in [3.05, 3.63) is 84.4 Å². The van der Waals surface area contributed by atoms with Gasteiger partial charge in [0.1, 0.15) is 11.5 Å². The first kappa shape index (κ1) is 23.0. The molecule has 0 saturated heterocycles. The molecule has 3 aromatic rings. The summed E-state index contributed by atoms with van der Waals surface area (Å²) in [6.45, 7) is -0.169. The molecule has 0 heterocycles. The number of carbonyl (C=O) groups is 3. The van der Waals surface area contributed by atoms with Crippen LogP contribution in [0.2, 0.25) is 0 Å². The van der Waals surface area contributed by atoms with Gasteiger partial charge < -0.3 is 20.1 Å². The van der Waals surface area contributed by atoms with Crippen LogP contribution in [0, 0.1) is 0 Å². The Labute approximate surface area is 190 Å². The van der Waals surface area contributed by atoms with Gasteiger partial charge in [0.25, 0.3) is 5.91 Å². The van der Waals surface area contributed by atoms with Crippen LogP contribution < -0.4 is 25.5 Å². The van der Waals surface area contributed by atoms with E-state index in [0.717, 1.165) is 0 Å². The molecular weight excluding hydrogens is 424 g/mol. The van der Waals surface area contributed by atoms with Gasteiger partial charge in [-0.25, -0.2) is 5.43 Å². The minimum absolute atomic E-state index is 0.169. The Morgan fingerprint density at radius 1 is 0.818 bits per heavy atom. The van der Waals surface area contributed by atoms with Crippen molar-refractivity contribution >= 4 is 35.3 Å². The van der Waals surface area contributed by atoms with E-state index in [4.69, 9.17) is 9.47 Å². The second-order valence-corrected chi connectivity index (χ2v) is 6.66. The van der Waals surface area contributed by atoms with Crippen molar-refractivity contribution in [2.24, 2.45) is 5.10 Å². The number of carbonyl (C=O) groups excluding carboxylic acids is 3. The zero-order valence-corrected chi connectivity index (χ0v) is 17.8. The van der Waals surface area contributed by atoms with Gasteiger partial charge in [-0.15, -0.1) is 0 Å². The number of methoxy groups -OCH3 is 1. The third-order valence-electron chi connectivity index (χ3n) is 4.22. The average molecular weight is 446 g/mol. The molecule has 0 aliphatic rings. The van der Waals surface area contributed by atoms with Crippen molar-refractivity contribution in [3.8, 4) is 11.5 Å². The van der Waals surface area contributed by atoms with Crippen LogP contribution in [0.25, 0.3) is 0 Å². The molecule has 9 nitrogen and oxygen atoms in total. The maximum atomic E-state index is 12.0. The smallest absolute Gasteiger partial charge is 0.329 e. The van der Waals surface area contributed by atoms with E-state index in [1.54, 1.807) is 60.7 Å². The van der Waals surface area contributed by atoms with Gasteiger partial charge in [0.15, 0.2) is 6.61 Å². The highest BCUT2D eigenvalue weighted by atomic mass is 16.5. The third-order valence-corrected chi connectivity index (χ3v) is 4.22. The van der Waals surface area contributed by atoms with E-state index in [0.29, 0.717) is 28.4 Å². The lowest BCUT2D eigenvalue weighted by molar-refractivity contribution is -0.136. The summed E-state index contributed by atoms with van der Waals surface area (Å²) < 4.78 is 10.5. The van der Waals surface area contributed by atoms with Gasteiger partial charge in [0, 0.05) is 11.4 Å². The van der Waals surface area contributed by atoms with E-state index in [1.165, 1.54) is 13.3 Å². The monoisotopic (exact) mass is 446 g/mol. The summed E-state index contributed by atoms with van der Waals surface area (Å²) in [5.74, 6) is -1.00. The van der Waals surface area contributed by atoms with Gasteiger partial charge in [-0.2, -0.15) is 5.10 Å². The molecule has 0 aliphatic carbocycles. The number of hydrogen-bond acceptors (Lipinski definition) is 6. The second-order valence-electron chi connectivity index (χ2n) is 6.66. The van der Waals surface area contributed by atoms with E-state index in [9.17, 15) is 14.4 Å². The maximum absolute atomic E-state index is 12.0. The summed E-state index contributed by atoms with van der Waals surface area (Å²) in [6.07, 6.45) is 1.36. The fraction of sp³-hybridized carbons (Fsp3) is 0.0833. The molecule has 0 spiro atoms. The molecule has 0 aromatic heterocycles. The van der Waals surface area contributed by atoms with Gasteiger partial charge in [-0.1, -0.05) is 30.3 Å². The van der Waals surface area contributed by atoms with Crippen molar-refractivity contribution in [1.29, 1.82) is 0 Å². The number of amides is 3. The number of rotatable bonds is 8. The molecule has 0 radical (unpaired) electrons. The normalized spacial score (nSPS) is 10.3. The lowest BCUT2D eigenvalue weighted by Gasteiger charge is -2.08. The Bertz CT molecular complexity index is 1130. The molecule has 0 aliphatic heterocycles. The molecule has 0 unspecified atom stereocenters. The van der Waals surface area contributed by atoms with Gasteiger partial charge in [0.2, 0.25) is 0 Å². The molecule has 33 heavy (non-hydrogen) atoms. The number of anilines is 2. The van der Waals surface area contributed by atoms with E-state index in [1.807, 2.05) is 18.2 Å². The van der Waals surface area contributed by atoms with E-state index < -0.39 is 11.8 Å². The first-order valence-corrected chi connectivity index (χ1v) is 9.89. The summed E-state index contributed by atoms with van der Waals surface area (Å²) in [5, 5.41) is 8.97. The zero-order chi connectivity index (χ0) is 23.5. The van der Waals surface area contributed by atoms with Gasteiger partial charge in [-0.3, -0.25) is 14.4 Å². The van der Waals surface area contributed by atoms with E-state index in [-0.39, 0.29) is 12.5 Å². The predicted molar refractivity (Wildman–Crippen MR) is 124 cm³/mol. The largest absolute Gasteiger partial charge is 0.497 e. The Kier molecular flexibility index (Phi) is 8.13. The van der Waals surface area contributed by atoms with Crippen LogP contribution in [-0.4, -0.2) is 37.7 Å². The Balaban J connectivity index is 1.46. The van der Waals surface area contributed by atoms with Gasteiger partial charge in [-0.05, 0) is 54.1 Å².